The third kappa shape index (κ3) is 1.08. The zero-order chi connectivity index (χ0) is 11.4. The Morgan fingerprint density at radius 1 is 1.00 bits per heavy atom. The lowest BCUT2D eigenvalue weighted by Crippen LogP contribution is -2.53. The summed E-state index contributed by atoms with van der Waals surface area (Å²) in [5.41, 5.74) is 2.61. The number of nitrogens with one attached hydrogen (secondary N) is 1. The Morgan fingerprint density at radius 2 is 1.82 bits per heavy atom. The highest BCUT2D eigenvalue weighted by molar-refractivity contribution is 5.85. The minimum absolute atomic E-state index is 0.135. The molecule has 1 heterocycles. The second-order valence-corrected chi connectivity index (χ2v) is 5.06. The quantitative estimate of drug-likeness (QED) is 0.718. The van der Waals surface area contributed by atoms with E-state index in [4.69, 9.17) is 0 Å². The molecule has 1 fully saturated rings. The largest absolute Gasteiger partial charge is 0.333 e. The predicted octanol–water partition coefficient (Wildman–Crippen LogP) is 2.30. The number of allylic oxidation sites excluding steroid dienone is 2. The van der Waals surface area contributed by atoms with Crippen molar-refractivity contribution in [1.82, 2.24) is 5.32 Å². The fraction of sp³-hybridized carbons (Fsp3) is 0.267. The lowest BCUT2D eigenvalue weighted by atomic mass is 9.51. The smallest absolute Gasteiger partial charge is 0.228 e. The fourth-order valence-corrected chi connectivity index (χ4v) is 3.57. The molecule has 0 unspecified atom stereocenters. The first kappa shape index (κ1) is 9.23. The summed E-state index contributed by atoms with van der Waals surface area (Å²) in [6.07, 6.45) is 8.42. The SMILES string of the molecule is O=C1NC=C[C@@H]2[C@@H]3C=Cc4ccccc4[C@@H]3[C@H]12. The summed E-state index contributed by atoms with van der Waals surface area (Å²) in [5, 5.41) is 2.83. The molecule has 2 nitrogen and oxygen atoms in total. The standard InChI is InChI=1S/C15H13NO/c17-15-14-12(7-8-16-15)11-6-5-9-3-1-2-4-10(9)13(11)14/h1-8,11-14H,(H,16,17)/t11-,12+,13-,14+/m0/s1. The zero-order valence-corrected chi connectivity index (χ0v) is 9.34. The van der Waals surface area contributed by atoms with Crippen molar-refractivity contribution in [2.24, 2.45) is 17.8 Å². The van der Waals surface area contributed by atoms with Gasteiger partial charge in [-0.2, -0.15) is 0 Å². The highest BCUT2D eigenvalue weighted by Crippen LogP contribution is 2.57. The summed E-state index contributed by atoms with van der Waals surface area (Å²) in [6.45, 7) is 0. The van der Waals surface area contributed by atoms with Gasteiger partial charge in [-0.15, -0.1) is 0 Å². The van der Waals surface area contributed by atoms with Crippen LogP contribution < -0.4 is 5.32 Å². The van der Waals surface area contributed by atoms with Crippen LogP contribution in [0.15, 0.2) is 42.6 Å². The van der Waals surface area contributed by atoms with E-state index in [1.54, 1.807) is 6.20 Å². The number of carbonyl (C=O) groups excluding carboxylic acids is 1. The van der Waals surface area contributed by atoms with Crippen LogP contribution in [0.3, 0.4) is 0 Å². The Kier molecular flexibility index (Phi) is 1.68. The van der Waals surface area contributed by atoms with Gasteiger partial charge >= 0.3 is 0 Å². The molecule has 1 saturated carbocycles. The number of rotatable bonds is 0. The molecule has 0 spiro atoms. The minimum Gasteiger partial charge on any atom is -0.333 e. The molecule has 1 N–H and O–H groups in total. The van der Waals surface area contributed by atoms with Gasteiger partial charge in [0, 0.05) is 12.1 Å². The van der Waals surface area contributed by atoms with Gasteiger partial charge in [-0.3, -0.25) is 4.79 Å². The van der Waals surface area contributed by atoms with E-state index in [2.05, 4.69) is 47.8 Å². The first-order valence-corrected chi connectivity index (χ1v) is 6.10. The Morgan fingerprint density at radius 3 is 2.76 bits per heavy atom. The Labute approximate surface area is 100 Å². The molecule has 0 bridgehead atoms. The molecule has 1 aliphatic heterocycles. The van der Waals surface area contributed by atoms with Gasteiger partial charge in [0.1, 0.15) is 0 Å². The van der Waals surface area contributed by atoms with Crippen molar-refractivity contribution in [2.45, 2.75) is 5.92 Å². The van der Waals surface area contributed by atoms with Crippen LogP contribution in [-0.4, -0.2) is 5.91 Å². The first-order valence-electron chi connectivity index (χ1n) is 6.10. The molecule has 0 aromatic heterocycles. The molecular formula is C15H13NO. The van der Waals surface area contributed by atoms with Gasteiger partial charge in [-0.05, 0) is 23.0 Å². The van der Waals surface area contributed by atoms with E-state index in [1.165, 1.54) is 11.1 Å². The van der Waals surface area contributed by atoms with E-state index < -0.39 is 0 Å². The van der Waals surface area contributed by atoms with E-state index in [1.807, 2.05) is 0 Å². The maximum Gasteiger partial charge on any atom is 0.228 e. The van der Waals surface area contributed by atoms with Gasteiger partial charge in [-0.25, -0.2) is 0 Å². The van der Waals surface area contributed by atoms with Crippen LogP contribution in [0, 0.1) is 17.8 Å². The van der Waals surface area contributed by atoms with E-state index in [-0.39, 0.29) is 11.8 Å². The van der Waals surface area contributed by atoms with Gasteiger partial charge in [0.2, 0.25) is 5.91 Å². The predicted molar refractivity (Wildman–Crippen MR) is 66.0 cm³/mol. The minimum atomic E-state index is 0.135. The number of amides is 1. The van der Waals surface area contributed by atoms with Crippen molar-refractivity contribution in [1.29, 1.82) is 0 Å². The van der Waals surface area contributed by atoms with Gasteiger partial charge in [0.25, 0.3) is 0 Å². The van der Waals surface area contributed by atoms with Crippen LogP contribution in [0.1, 0.15) is 17.0 Å². The molecule has 1 amide bonds. The summed E-state index contributed by atoms with van der Waals surface area (Å²) in [5.74, 6) is 1.61. The molecule has 4 rings (SSSR count). The van der Waals surface area contributed by atoms with E-state index >= 15 is 0 Å². The first-order chi connectivity index (χ1) is 8.36. The third-order valence-electron chi connectivity index (χ3n) is 4.36. The van der Waals surface area contributed by atoms with E-state index in [0.29, 0.717) is 17.8 Å². The van der Waals surface area contributed by atoms with Crippen LogP contribution in [0.4, 0.5) is 0 Å². The molecule has 3 aliphatic rings. The number of benzene rings is 1. The highest BCUT2D eigenvalue weighted by Gasteiger charge is 2.54. The van der Waals surface area contributed by atoms with Gasteiger partial charge in [0.15, 0.2) is 0 Å². The van der Waals surface area contributed by atoms with Crippen molar-refractivity contribution in [3.05, 3.63) is 53.7 Å². The maximum atomic E-state index is 11.9. The second kappa shape index (κ2) is 3.10. The molecule has 2 heteroatoms. The molecular weight excluding hydrogens is 210 g/mol. The average molecular weight is 223 g/mol. The van der Waals surface area contributed by atoms with E-state index in [0.717, 1.165) is 0 Å². The van der Waals surface area contributed by atoms with Crippen LogP contribution in [0.25, 0.3) is 6.08 Å². The average Bonchev–Trinajstić information content (AvgIpc) is 2.34. The normalized spacial score (nSPS) is 36.4. The van der Waals surface area contributed by atoms with Crippen LogP contribution >= 0.6 is 0 Å². The lowest BCUT2D eigenvalue weighted by molar-refractivity contribution is -0.132. The van der Waals surface area contributed by atoms with Gasteiger partial charge < -0.3 is 5.32 Å². The molecule has 17 heavy (non-hydrogen) atoms. The lowest BCUT2D eigenvalue weighted by Gasteiger charge is -2.52. The summed E-state index contributed by atoms with van der Waals surface area (Å²) in [7, 11) is 0. The molecule has 84 valence electrons. The van der Waals surface area contributed by atoms with Crippen molar-refractivity contribution in [2.75, 3.05) is 0 Å². The summed E-state index contributed by atoms with van der Waals surface area (Å²) in [6, 6.07) is 8.42. The maximum absolute atomic E-state index is 11.9. The van der Waals surface area contributed by atoms with Crippen molar-refractivity contribution >= 4 is 12.0 Å². The third-order valence-corrected chi connectivity index (χ3v) is 4.36. The molecule has 4 atom stereocenters. The molecule has 1 aromatic rings. The van der Waals surface area contributed by atoms with Crippen molar-refractivity contribution in [3.63, 3.8) is 0 Å². The highest BCUT2D eigenvalue weighted by atomic mass is 16.2. The van der Waals surface area contributed by atoms with Crippen LogP contribution in [-0.2, 0) is 4.79 Å². The topological polar surface area (TPSA) is 29.1 Å². The van der Waals surface area contributed by atoms with Crippen molar-refractivity contribution < 1.29 is 4.79 Å². The molecule has 1 aromatic carbocycles. The fourth-order valence-electron chi connectivity index (χ4n) is 3.57. The van der Waals surface area contributed by atoms with Gasteiger partial charge in [-0.1, -0.05) is 42.5 Å². The van der Waals surface area contributed by atoms with Crippen LogP contribution in [0.2, 0.25) is 0 Å². The number of hydrogen-bond donors (Lipinski definition) is 1. The number of carbonyl (C=O) groups is 1. The monoisotopic (exact) mass is 223 g/mol. The summed E-state index contributed by atoms with van der Waals surface area (Å²) >= 11 is 0. The molecule has 0 radical (unpaired) electrons. The summed E-state index contributed by atoms with van der Waals surface area (Å²) < 4.78 is 0. The van der Waals surface area contributed by atoms with Crippen molar-refractivity contribution in [3.8, 4) is 0 Å². The van der Waals surface area contributed by atoms with Crippen LogP contribution in [0.5, 0.6) is 0 Å². The molecule has 0 saturated heterocycles. The van der Waals surface area contributed by atoms with E-state index in [9.17, 15) is 4.79 Å². The number of fused-ring (bicyclic) bond motifs is 6. The Hall–Kier alpha value is -1.83. The number of hydrogen-bond acceptors (Lipinski definition) is 1. The van der Waals surface area contributed by atoms with Gasteiger partial charge in [0.05, 0.1) is 5.92 Å². The molecule has 2 aliphatic carbocycles. The summed E-state index contributed by atoms with van der Waals surface area (Å²) in [4.78, 5) is 11.9. The zero-order valence-electron chi connectivity index (χ0n) is 9.34. The Bertz CT molecular complexity index is 558. The second-order valence-electron chi connectivity index (χ2n) is 5.06. The Balaban J connectivity index is 1.83.